The number of aryl methyl sites for hydroxylation is 1. The van der Waals surface area contributed by atoms with Gasteiger partial charge in [0.25, 0.3) is 0 Å². The first-order valence-corrected chi connectivity index (χ1v) is 6.85. The van der Waals surface area contributed by atoms with Crippen LogP contribution in [0.15, 0.2) is 24.3 Å². The summed E-state index contributed by atoms with van der Waals surface area (Å²) in [4.78, 5) is 2.12. The number of rotatable bonds is 6. The Bertz CT molecular complexity index is 542. The van der Waals surface area contributed by atoms with Crippen LogP contribution in [0.3, 0.4) is 0 Å². The standard InChI is InChI=1S/C15H21N3O/c1-3-4-9-18(10-11-19)15-14-8-6-5-7-13(14)12(2)16-17-15/h5-8,19H,3-4,9-11H2,1-2H3. The molecule has 19 heavy (non-hydrogen) atoms. The third kappa shape index (κ3) is 3.01. The van der Waals surface area contributed by atoms with Gasteiger partial charge in [-0.25, -0.2) is 0 Å². The first-order chi connectivity index (χ1) is 9.27. The quantitative estimate of drug-likeness (QED) is 0.866. The molecule has 1 heterocycles. The minimum Gasteiger partial charge on any atom is -0.395 e. The highest BCUT2D eigenvalue weighted by Gasteiger charge is 2.12. The molecule has 102 valence electrons. The number of anilines is 1. The van der Waals surface area contributed by atoms with Gasteiger partial charge in [0.05, 0.1) is 12.3 Å². The van der Waals surface area contributed by atoms with Crippen LogP contribution < -0.4 is 4.90 Å². The van der Waals surface area contributed by atoms with E-state index in [1.165, 1.54) is 0 Å². The first kappa shape index (κ1) is 13.7. The lowest BCUT2D eigenvalue weighted by atomic mass is 10.1. The topological polar surface area (TPSA) is 49.2 Å². The Balaban J connectivity index is 2.44. The molecule has 0 bridgehead atoms. The summed E-state index contributed by atoms with van der Waals surface area (Å²) in [7, 11) is 0. The zero-order valence-corrected chi connectivity index (χ0v) is 11.6. The van der Waals surface area contributed by atoms with E-state index in [9.17, 15) is 5.11 Å². The Hall–Kier alpha value is -1.68. The summed E-state index contributed by atoms with van der Waals surface area (Å²) in [5.41, 5.74) is 0.943. The Morgan fingerprint density at radius 1 is 1.11 bits per heavy atom. The third-order valence-corrected chi connectivity index (χ3v) is 3.30. The summed E-state index contributed by atoms with van der Waals surface area (Å²) in [5, 5.41) is 20.1. The molecule has 0 fully saturated rings. The number of hydrogen-bond donors (Lipinski definition) is 1. The van der Waals surface area contributed by atoms with E-state index in [2.05, 4.69) is 34.2 Å². The maximum absolute atomic E-state index is 9.23. The monoisotopic (exact) mass is 259 g/mol. The van der Waals surface area contributed by atoms with Crippen LogP contribution in [0.4, 0.5) is 5.82 Å². The van der Waals surface area contributed by atoms with E-state index in [4.69, 9.17) is 0 Å². The molecule has 0 saturated heterocycles. The van der Waals surface area contributed by atoms with E-state index in [1.54, 1.807) is 0 Å². The summed E-state index contributed by atoms with van der Waals surface area (Å²) in [5.74, 6) is 0.878. The van der Waals surface area contributed by atoms with Crippen molar-refractivity contribution in [3.63, 3.8) is 0 Å². The number of fused-ring (bicyclic) bond motifs is 1. The van der Waals surface area contributed by atoms with E-state index in [0.29, 0.717) is 6.54 Å². The molecule has 0 aliphatic carbocycles. The molecule has 0 spiro atoms. The Morgan fingerprint density at radius 3 is 2.53 bits per heavy atom. The zero-order chi connectivity index (χ0) is 13.7. The molecule has 4 heteroatoms. The molecule has 4 nitrogen and oxygen atoms in total. The van der Waals surface area contributed by atoms with Gasteiger partial charge in [-0.05, 0) is 13.3 Å². The van der Waals surface area contributed by atoms with Crippen LogP contribution in [0.5, 0.6) is 0 Å². The fourth-order valence-corrected chi connectivity index (χ4v) is 2.25. The average Bonchev–Trinajstić information content (AvgIpc) is 2.45. The van der Waals surface area contributed by atoms with Crippen molar-refractivity contribution in [1.29, 1.82) is 0 Å². The highest BCUT2D eigenvalue weighted by Crippen LogP contribution is 2.25. The second-order valence-electron chi connectivity index (χ2n) is 4.72. The van der Waals surface area contributed by atoms with Gasteiger partial charge in [0.2, 0.25) is 0 Å². The van der Waals surface area contributed by atoms with Gasteiger partial charge in [0.15, 0.2) is 5.82 Å². The summed E-state index contributed by atoms with van der Waals surface area (Å²) in [6.07, 6.45) is 2.21. The Labute approximate surface area is 114 Å². The molecule has 1 aromatic heterocycles. The van der Waals surface area contributed by atoms with Gasteiger partial charge >= 0.3 is 0 Å². The highest BCUT2D eigenvalue weighted by molar-refractivity contribution is 5.93. The van der Waals surface area contributed by atoms with Crippen molar-refractivity contribution in [2.24, 2.45) is 0 Å². The summed E-state index contributed by atoms with van der Waals surface area (Å²) in [6, 6.07) is 8.18. The van der Waals surface area contributed by atoms with Gasteiger partial charge in [0, 0.05) is 23.9 Å². The van der Waals surface area contributed by atoms with Crippen molar-refractivity contribution in [1.82, 2.24) is 10.2 Å². The molecule has 0 atom stereocenters. The minimum absolute atomic E-state index is 0.133. The molecule has 0 saturated carbocycles. The van der Waals surface area contributed by atoms with E-state index < -0.39 is 0 Å². The number of aliphatic hydroxyl groups is 1. The number of aromatic nitrogens is 2. The number of unbranched alkanes of at least 4 members (excludes halogenated alkanes) is 1. The molecule has 0 radical (unpaired) electrons. The van der Waals surface area contributed by atoms with Crippen molar-refractivity contribution >= 4 is 16.6 Å². The molecule has 0 amide bonds. The fourth-order valence-electron chi connectivity index (χ4n) is 2.25. The van der Waals surface area contributed by atoms with Crippen molar-refractivity contribution in [3.05, 3.63) is 30.0 Å². The van der Waals surface area contributed by atoms with E-state index >= 15 is 0 Å². The predicted octanol–water partition coefficient (Wildman–Crippen LogP) is 2.54. The molecular weight excluding hydrogens is 238 g/mol. The van der Waals surface area contributed by atoms with Crippen LogP contribution in [0.2, 0.25) is 0 Å². The van der Waals surface area contributed by atoms with Gasteiger partial charge in [-0.1, -0.05) is 37.6 Å². The smallest absolute Gasteiger partial charge is 0.159 e. The lowest BCUT2D eigenvalue weighted by Gasteiger charge is -2.23. The molecule has 1 aromatic carbocycles. The number of nitrogens with zero attached hydrogens (tertiary/aromatic N) is 3. The molecule has 2 aromatic rings. The van der Waals surface area contributed by atoms with Crippen molar-refractivity contribution < 1.29 is 5.11 Å². The highest BCUT2D eigenvalue weighted by atomic mass is 16.3. The molecule has 0 aliphatic heterocycles. The maximum Gasteiger partial charge on any atom is 0.159 e. The fraction of sp³-hybridized carbons (Fsp3) is 0.467. The van der Waals surface area contributed by atoms with Crippen LogP contribution in [0.1, 0.15) is 25.5 Å². The molecule has 2 rings (SSSR count). The summed E-state index contributed by atoms with van der Waals surface area (Å²) in [6.45, 7) is 5.77. The molecule has 0 aliphatic rings. The maximum atomic E-state index is 9.23. The largest absolute Gasteiger partial charge is 0.395 e. The first-order valence-electron chi connectivity index (χ1n) is 6.85. The zero-order valence-electron chi connectivity index (χ0n) is 11.6. The van der Waals surface area contributed by atoms with Gasteiger partial charge in [-0.3, -0.25) is 0 Å². The van der Waals surface area contributed by atoms with Crippen LogP contribution in [-0.4, -0.2) is 35.0 Å². The SMILES string of the molecule is CCCCN(CCO)c1nnc(C)c2ccccc12. The third-order valence-electron chi connectivity index (χ3n) is 3.30. The Morgan fingerprint density at radius 2 is 1.84 bits per heavy atom. The van der Waals surface area contributed by atoms with Crippen molar-refractivity contribution in [2.45, 2.75) is 26.7 Å². The van der Waals surface area contributed by atoms with E-state index in [-0.39, 0.29) is 6.61 Å². The summed E-state index contributed by atoms with van der Waals surface area (Å²) >= 11 is 0. The van der Waals surface area contributed by atoms with Crippen molar-refractivity contribution in [3.8, 4) is 0 Å². The van der Waals surface area contributed by atoms with Crippen LogP contribution in [0.25, 0.3) is 10.8 Å². The van der Waals surface area contributed by atoms with E-state index in [1.807, 2.05) is 19.1 Å². The molecular formula is C15H21N3O. The molecule has 1 N–H and O–H groups in total. The Kier molecular flexibility index (Phi) is 4.68. The minimum atomic E-state index is 0.133. The number of benzene rings is 1. The molecule has 0 unspecified atom stereocenters. The lowest BCUT2D eigenvalue weighted by molar-refractivity contribution is 0.301. The van der Waals surface area contributed by atoms with Gasteiger partial charge in [-0.15, -0.1) is 5.10 Å². The average molecular weight is 259 g/mol. The van der Waals surface area contributed by atoms with Crippen LogP contribution in [0, 0.1) is 6.92 Å². The van der Waals surface area contributed by atoms with Crippen LogP contribution in [-0.2, 0) is 0 Å². The summed E-state index contributed by atoms with van der Waals surface area (Å²) < 4.78 is 0. The lowest BCUT2D eigenvalue weighted by Crippen LogP contribution is -2.29. The van der Waals surface area contributed by atoms with Crippen LogP contribution >= 0.6 is 0 Å². The normalized spacial score (nSPS) is 10.9. The second-order valence-corrected chi connectivity index (χ2v) is 4.72. The van der Waals surface area contributed by atoms with Gasteiger partial charge in [0.1, 0.15) is 0 Å². The number of hydrogen-bond acceptors (Lipinski definition) is 4. The number of aliphatic hydroxyl groups excluding tert-OH is 1. The van der Waals surface area contributed by atoms with E-state index in [0.717, 1.165) is 41.7 Å². The van der Waals surface area contributed by atoms with Crippen molar-refractivity contribution in [2.75, 3.05) is 24.6 Å². The second kappa shape index (κ2) is 6.48. The van der Waals surface area contributed by atoms with Gasteiger partial charge in [-0.2, -0.15) is 5.10 Å². The predicted molar refractivity (Wildman–Crippen MR) is 78.5 cm³/mol. The van der Waals surface area contributed by atoms with Gasteiger partial charge < -0.3 is 10.0 Å².